The van der Waals surface area contributed by atoms with Crippen LogP contribution in [0.3, 0.4) is 0 Å². The molecule has 1 aliphatic carbocycles. The van der Waals surface area contributed by atoms with Crippen LogP contribution in [-0.4, -0.2) is 35.0 Å². The van der Waals surface area contributed by atoms with Gasteiger partial charge in [0.05, 0.1) is 22.4 Å². The summed E-state index contributed by atoms with van der Waals surface area (Å²) in [4.78, 5) is 20.0. The molecule has 1 fully saturated rings. The fraction of sp³-hybridized carbons (Fsp3) is 0.417. The van der Waals surface area contributed by atoms with E-state index in [4.69, 9.17) is 16.3 Å². The summed E-state index contributed by atoms with van der Waals surface area (Å²) < 4.78 is 7.87. The predicted octanol–water partition coefficient (Wildman–Crippen LogP) is 4.48. The van der Waals surface area contributed by atoms with Crippen molar-refractivity contribution in [3.8, 4) is 5.75 Å². The van der Waals surface area contributed by atoms with Crippen LogP contribution in [0.25, 0.3) is 5.65 Å². The van der Waals surface area contributed by atoms with Gasteiger partial charge in [-0.25, -0.2) is 4.98 Å². The van der Waals surface area contributed by atoms with Gasteiger partial charge in [-0.3, -0.25) is 9.20 Å². The highest BCUT2D eigenvalue weighted by atomic mass is 35.5. The van der Waals surface area contributed by atoms with Crippen molar-refractivity contribution in [3.63, 3.8) is 0 Å². The molecule has 7 heteroatoms. The molecule has 0 bridgehead atoms. The van der Waals surface area contributed by atoms with Crippen LogP contribution in [0, 0.1) is 5.92 Å². The molecule has 2 aromatic heterocycles. The first-order valence-corrected chi connectivity index (χ1v) is 11.4. The fourth-order valence-electron chi connectivity index (χ4n) is 4.64. The van der Waals surface area contributed by atoms with Crippen molar-refractivity contribution >= 4 is 28.8 Å². The number of aryl methyl sites for hydroxylation is 1. The van der Waals surface area contributed by atoms with Gasteiger partial charge in [0.15, 0.2) is 0 Å². The van der Waals surface area contributed by atoms with Crippen LogP contribution < -0.4 is 15.0 Å². The van der Waals surface area contributed by atoms with Gasteiger partial charge in [0.25, 0.3) is 5.91 Å². The minimum atomic E-state index is -0.160. The molecular weight excluding hydrogens is 412 g/mol. The highest BCUT2D eigenvalue weighted by molar-refractivity contribution is 6.30. The minimum Gasteiger partial charge on any atom is -0.489 e. The largest absolute Gasteiger partial charge is 0.489 e. The van der Waals surface area contributed by atoms with Crippen LogP contribution in [0.15, 0.2) is 36.5 Å². The Bertz CT molecular complexity index is 1140. The number of ether oxygens (including phenoxy) is 1. The van der Waals surface area contributed by atoms with Crippen molar-refractivity contribution in [2.24, 2.45) is 5.92 Å². The number of imidazole rings is 1. The average molecular weight is 439 g/mol. The lowest BCUT2D eigenvalue weighted by Crippen LogP contribution is -2.47. The van der Waals surface area contributed by atoms with Gasteiger partial charge >= 0.3 is 0 Å². The molecule has 6 nitrogen and oxygen atoms in total. The van der Waals surface area contributed by atoms with Gasteiger partial charge in [-0.15, -0.1) is 0 Å². The summed E-state index contributed by atoms with van der Waals surface area (Å²) in [5, 5.41) is 3.61. The molecule has 5 rings (SSSR count). The standard InChI is InChI=1S/C24H27ClN4O2/c1-3-18-23(29-13-17(25)8-10-22(29)27-18)24(30)26-12-15-7-9-19-21(11-15)31-14-20(28(19)2)16-5-4-6-16/h7-11,13,16,20H,3-6,12,14H2,1-2H3,(H,26,30). The summed E-state index contributed by atoms with van der Waals surface area (Å²) in [5.41, 5.74) is 4.16. The van der Waals surface area contributed by atoms with Crippen LogP contribution >= 0.6 is 11.6 Å². The Morgan fingerprint density at radius 3 is 2.87 bits per heavy atom. The van der Waals surface area contributed by atoms with Crippen molar-refractivity contribution in [3.05, 3.63) is 58.5 Å². The van der Waals surface area contributed by atoms with E-state index in [1.165, 1.54) is 19.3 Å². The number of fused-ring (bicyclic) bond motifs is 2. The van der Waals surface area contributed by atoms with E-state index in [1.807, 2.05) is 19.1 Å². The molecule has 3 heterocycles. The topological polar surface area (TPSA) is 58.9 Å². The van der Waals surface area contributed by atoms with Gasteiger partial charge in [0, 0.05) is 19.8 Å². The second kappa shape index (κ2) is 8.08. The Morgan fingerprint density at radius 2 is 2.13 bits per heavy atom. The van der Waals surface area contributed by atoms with Crippen LogP contribution in [-0.2, 0) is 13.0 Å². The Kier molecular flexibility index (Phi) is 5.26. The lowest BCUT2D eigenvalue weighted by molar-refractivity contribution is 0.0944. The maximum absolute atomic E-state index is 13.0. The van der Waals surface area contributed by atoms with Gasteiger partial charge < -0.3 is 15.0 Å². The monoisotopic (exact) mass is 438 g/mol. The van der Waals surface area contributed by atoms with Crippen molar-refractivity contribution in [2.75, 3.05) is 18.6 Å². The molecular formula is C24H27ClN4O2. The number of aromatic nitrogens is 2. The molecule has 1 unspecified atom stereocenters. The van der Waals surface area contributed by atoms with Crippen LogP contribution in [0.2, 0.25) is 5.02 Å². The SMILES string of the molecule is CCc1nc2ccc(Cl)cn2c1C(=O)NCc1ccc2c(c1)OCC(C1CCC1)N2C. The predicted molar refractivity (Wildman–Crippen MR) is 122 cm³/mol. The normalized spacial score (nSPS) is 18.4. The van der Waals surface area contributed by atoms with E-state index in [-0.39, 0.29) is 5.91 Å². The van der Waals surface area contributed by atoms with Gasteiger partial charge in [-0.05, 0) is 55.0 Å². The van der Waals surface area contributed by atoms with E-state index in [0.717, 1.165) is 40.9 Å². The van der Waals surface area contributed by atoms with Gasteiger partial charge in [0.2, 0.25) is 0 Å². The zero-order valence-corrected chi connectivity index (χ0v) is 18.7. The molecule has 1 saturated carbocycles. The van der Waals surface area contributed by atoms with E-state index in [9.17, 15) is 4.79 Å². The summed E-state index contributed by atoms with van der Waals surface area (Å²) >= 11 is 6.14. The zero-order valence-electron chi connectivity index (χ0n) is 17.9. The Hall–Kier alpha value is -2.73. The number of benzene rings is 1. The number of likely N-dealkylation sites (N-methyl/N-ethyl adjacent to an activating group) is 1. The van der Waals surface area contributed by atoms with E-state index in [0.29, 0.717) is 29.7 Å². The van der Waals surface area contributed by atoms with Gasteiger partial charge in [-0.1, -0.05) is 31.0 Å². The summed E-state index contributed by atoms with van der Waals surface area (Å²) in [6.45, 7) is 3.14. The first kappa shape index (κ1) is 20.2. The number of pyridine rings is 1. The van der Waals surface area contributed by atoms with Gasteiger partial charge in [0.1, 0.15) is 23.7 Å². The number of carbonyl (C=O) groups excluding carboxylic acids is 1. The second-order valence-electron chi connectivity index (χ2n) is 8.50. The number of amides is 1. The maximum Gasteiger partial charge on any atom is 0.270 e. The molecule has 31 heavy (non-hydrogen) atoms. The van der Waals surface area contributed by atoms with Crippen LogP contribution in [0.4, 0.5) is 5.69 Å². The second-order valence-corrected chi connectivity index (χ2v) is 8.94. The Balaban J connectivity index is 1.32. The van der Waals surface area contributed by atoms with E-state index < -0.39 is 0 Å². The number of nitrogens with zero attached hydrogens (tertiary/aromatic N) is 3. The number of halogens is 1. The number of hydrogen-bond donors (Lipinski definition) is 1. The van der Waals surface area contributed by atoms with Crippen LogP contribution in [0.5, 0.6) is 5.75 Å². The van der Waals surface area contributed by atoms with E-state index in [2.05, 4.69) is 34.4 Å². The quantitative estimate of drug-likeness (QED) is 0.638. The lowest BCUT2D eigenvalue weighted by atomic mass is 9.79. The summed E-state index contributed by atoms with van der Waals surface area (Å²) in [6, 6.07) is 10.3. The Morgan fingerprint density at radius 1 is 1.29 bits per heavy atom. The first-order chi connectivity index (χ1) is 15.0. The number of anilines is 1. The molecule has 1 aromatic carbocycles. The summed E-state index contributed by atoms with van der Waals surface area (Å²) in [6.07, 6.45) is 6.33. The molecule has 1 amide bonds. The molecule has 1 N–H and O–H groups in total. The summed E-state index contributed by atoms with van der Waals surface area (Å²) in [5.74, 6) is 1.47. The molecule has 0 saturated heterocycles. The Labute approximate surface area is 187 Å². The third-order valence-electron chi connectivity index (χ3n) is 6.66. The van der Waals surface area contributed by atoms with Gasteiger partial charge in [-0.2, -0.15) is 0 Å². The van der Waals surface area contributed by atoms with E-state index >= 15 is 0 Å². The number of rotatable bonds is 5. The molecule has 1 aliphatic heterocycles. The molecule has 162 valence electrons. The maximum atomic E-state index is 13.0. The fourth-order valence-corrected chi connectivity index (χ4v) is 4.80. The third-order valence-corrected chi connectivity index (χ3v) is 6.89. The lowest BCUT2D eigenvalue weighted by Gasteiger charge is -2.43. The number of hydrogen-bond acceptors (Lipinski definition) is 4. The highest BCUT2D eigenvalue weighted by Crippen LogP contribution is 2.40. The van der Waals surface area contributed by atoms with Crippen molar-refractivity contribution in [1.29, 1.82) is 0 Å². The van der Waals surface area contributed by atoms with Crippen molar-refractivity contribution < 1.29 is 9.53 Å². The summed E-state index contributed by atoms with van der Waals surface area (Å²) in [7, 11) is 2.16. The first-order valence-electron chi connectivity index (χ1n) is 11.0. The molecule has 3 aromatic rings. The third kappa shape index (κ3) is 3.63. The number of nitrogens with one attached hydrogen (secondary N) is 1. The smallest absolute Gasteiger partial charge is 0.270 e. The molecule has 0 radical (unpaired) electrons. The van der Waals surface area contributed by atoms with Crippen molar-refractivity contribution in [1.82, 2.24) is 14.7 Å². The highest BCUT2D eigenvalue weighted by Gasteiger charge is 2.34. The minimum absolute atomic E-state index is 0.160. The zero-order chi connectivity index (χ0) is 21.5. The van der Waals surface area contributed by atoms with Crippen LogP contribution in [0.1, 0.15) is 47.9 Å². The van der Waals surface area contributed by atoms with Crippen molar-refractivity contribution in [2.45, 2.75) is 45.2 Å². The molecule has 2 aliphatic rings. The van der Waals surface area contributed by atoms with E-state index in [1.54, 1.807) is 16.7 Å². The molecule has 1 atom stereocenters. The average Bonchev–Trinajstić information content (AvgIpc) is 3.10. The number of carbonyl (C=O) groups is 1. The molecule has 0 spiro atoms.